The van der Waals surface area contributed by atoms with E-state index in [4.69, 9.17) is 11.5 Å². The van der Waals surface area contributed by atoms with E-state index in [0.717, 1.165) is 24.0 Å². The smallest absolute Gasteiger partial charge is 0.330 e. The maximum atomic E-state index is 12.9. The first kappa shape index (κ1) is 18.2. The summed E-state index contributed by atoms with van der Waals surface area (Å²) in [5, 5.41) is 0. The zero-order valence-corrected chi connectivity index (χ0v) is 15.2. The third-order valence-corrected chi connectivity index (χ3v) is 5.39. The topological polar surface area (TPSA) is 144 Å². The van der Waals surface area contributed by atoms with E-state index in [-0.39, 0.29) is 24.0 Å². The van der Waals surface area contributed by atoms with Gasteiger partial charge in [-0.1, -0.05) is 24.3 Å². The Balaban J connectivity index is 1.66. The molecule has 146 valence electrons. The number of primary amides is 1. The van der Waals surface area contributed by atoms with Crippen LogP contribution in [0.3, 0.4) is 0 Å². The number of nitrogen functional groups attached to an aromatic ring is 1. The van der Waals surface area contributed by atoms with E-state index in [1.165, 1.54) is 4.57 Å². The van der Waals surface area contributed by atoms with Crippen LogP contribution in [-0.4, -0.2) is 38.7 Å². The number of hydrogen-bond donors (Lipinski definition) is 3. The Hall–Kier alpha value is -3.20. The Morgan fingerprint density at radius 1 is 1.14 bits per heavy atom. The molecule has 2 aromatic rings. The molecule has 0 saturated heterocycles. The van der Waals surface area contributed by atoms with Crippen LogP contribution < -0.4 is 22.7 Å². The highest BCUT2D eigenvalue weighted by Crippen LogP contribution is 2.35. The lowest BCUT2D eigenvalue weighted by Gasteiger charge is -2.34. The molecule has 4 rings (SSSR count). The second-order valence-electron chi connectivity index (χ2n) is 7.34. The van der Waals surface area contributed by atoms with Crippen molar-refractivity contribution >= 4 is 17.5 Å². The zero-order chi connectivity index (χ0) is 20.0. The first-order valence-corrected chi connectivity index (χ1v) is 9.14. The molecule has 1 aliphatic carbocycles. The van der Waals surface area contributed by atoms with E-state index in [1.807, 2.05) is 24.3 Å². The number of hydrogen-bond acceptors (Lipinski definition) is 6. The van der Waals surface area contributed by atoms with Crippen molar-refractivity contribution in [2.75, 3.05) is 12.3 Å². The molecule has 1 aromatic heterocycles. The number of anilines is 1. The first-order valence-electron chi connectivity index (χ1n) is 9.14. The molecule has 2 aliphatic rings. The predicted molar refractivity (Wildman–Crippen MR) is 102 cm³/mol. The van der Waals surface area contributed by atoms with Crippen LogP contribution in [0.2, 0.25) is 0 Å². The summed E-state index contributed by atoms with van der Waals surface area (Å²) < 4.78 is 1.27. The number of nitrogens with zero attached hydrogens (tertiary/aromatic N) is 2. The molecule has 0 spiro atoms. The van der Waals surface area contributed by atoms with Crippen LogP contribution in [0.25, 0.3) is 0 Å². The molecular formula is C19H21N5O4. The maximum Gasteiger partial charge on any atom is 0.330 e. The number of aromatic nitrogens is 2. The number of Topliss-reactive ketones (excluding diaryl/α,β-unsaturated/α-hetero) is 1. The number of amides is 1. The van der Waals surface area contributed by atoms with Crippen molar-refractivity contribution in [2.24, 2.45) is 5.73 Å². The van der Waals surface area contributed by atoms with Crippen molar-refractivity contribution in [3.63, 3.8) is 0 Å². The number of ketones is 1. The van der Waals surface area contributed by atoms with E-state index in [1.54, 1.807) is 4.90 Å². The monoisotopic (exact) mass is 383 g/mol. The predicted octanol–water partition coefficient (Wildman–Crippen LogP) is -0.451. The fraction of sp³-hybridized carbons (Fsp3) is 0.368. The number of nitrogens with one attached hydrogen (secondary N) is 1. The van der Waals surface area contributed by atoms with Gasteiger partial charge in [-0.15, -0.1) is 0 Å². The molecule has 2 heterocycles. The molecule has 0 bridgehead atoms. The van der Waals surface area contributed by atoms with E-state index in [9.17, 15) is 19.2 Å². The number of benzene rings is 1. The Labute approximate surface area is 159 Å². The summed E-state index contributed by atoms with van der Waals surface area (Å²) in [4.78, 5) is 53.0. The molecule has 1 fully saturated rings. The van der Waals surface area contributed by atoms with Gasteiger partial charge in [0, 0.05) is 12.6 Å². The summed E-state index contributed by atoms with van der Waals surface area (Å²) in [5.74, 6) is -1.19. The largest absolute Gasteiger partial charge is 0.384 e. The number of carbonyl (C=O) groups is 2. The van der Waals surface area contributed by atoms with Gasteiger partial charge in [0.1, 0.15) is 11.4 Å². The quantitative estimate of drug-likeness (QED) is 0.596. The highest BCUT2D eigenvalue weighted by Gasteiger charge is 2.34. The molecule has 0 unspecified atom stereocenters. The summed E-state index contributed by atoms with van der Waals surface area (Å²) in [7, 11) is 0. The normalized spacial score (nSPS) is 19.2. The minimum Gasteiger partial charge on any atom is -0.384 e. The average molecular weight is 383 g/mol. The lowest BCUT2D eigenvalue weighted by molar-refractivity contribution is -0.123. The molecular weight excluding hydrogens is 362 g/mol. The van der Waals surface area contributed by atoms with Crippen molar-refractivity contribution in [3.8, 4) is 0 Å². The number of H-pyrrole nitrogens is 1. The van der Waals surface area contributed by atoms with Gasteiger partial charge in [-0.25, -0.2) is 4.79 Å². The van der Waals surface area contributed by atoms with E-state index in [2.05, 4.69) is 4.98 Å². The average Bonchev–Trinajstić information content (AvgIpc) is 3.45. The van der Waals surface area contributed by atoms with Crippen LogP contribution in [-0.2, 0) is 17.8 Å². The molecule has 1 aromatic carbocycles. The van der Waals surface area contributed by atoms with Gasteiger partial charge >= 0.3 is 5.69 Å². The Morgan fingerprint density at radius 2 is 1.82 bits per heavy atom. The second-order valence-corrected chi connectivity index (χ2v) is 7.34. The summed E-state index contributed by atoms with van der Waals surface area (Å²) >= 11 is 0. The summed E-state index contributed by atoms with van der Waals surface area (Å²) in [6.07, 6.45) is 1.94. The van der Waals surface area contributed by atoms with E-state index < -0.39 is 29.0 Å². The van der Waals surface area contributed by atoms with Gasteiger partial charge in [0.15, 0.2) is 5.78 Å². The van der Waals surface area contributed by atoms with Gasteiger partial charge in [0.25, 0.3) is 5.56 Å². The summed E-state index contributed by atoms with van der Waals surface area (Å²) in [6.45, 7) is 0.160. The molecule has 28 heavy (non-hydrogen) atoms. The molecule has 1 aliphatic heterocycles. The van der Waals surface area contributed by atoms with Crippen LogP contribution in [0.15, 0.2) is 33.9 Å². The number of fused-ring (bicyclic) bond motifs is 1. The van der Waals surface area contributed by atoms with Gasteiger partial charge in [0.2, 0.25) is 5.91 Å². The minimum atomic E-state index is -0.808. The highest BCUT2D eigenvalue weighted by molar-refractivity contribution is 6.01. The summed E-state index contributed by atoms with van der Waals surface area (Å²) in [5.41, 5.74) is 11.9. The lowest BCUT2D eigenvalue weighted by atomic mass is 9.93. The van der Waals surface area contributed by atoms with Gasteiger partial charge in [-0.05, 0) is 30.4 Å². The molecule has 1 amide bonds. The molecule has 1 saturated carbocycles. The fourth-order valence-electron chi connectivity index (χ4n) is 3.82. The van der Waals surface area contributed by atoms with Crippen molar-refractivity contribution in [1.29, 1.82) is 0 Å². The molecule has 1 atom stereocenters. The number of rotatable bonds is 5. The van der Waals surface area contributed by atoms with Crippen molar-refractivity contribution < 1.29 is 9.59 Å². The van der Waals surface area contributed by atoms with Gasteiger partial charge in [-0.3, -0.25) is 28.8 Å². The third kappa shape index (κ3) is 3.13. The van der Waals surface area contributed by atoms with E-state index >= 15 is 0 Å². The van der Waals surface area contributed by atoms with Gasteiger partial charge in [0.05, 0.1) is 12.6 Å². The van der Waals surface area contributed by atoms with Crippen LogP contribution in [0.1, 0.15) is 40.4 Å². The van der Waals surface area contributed by atoms with Crippen molar-refractivity contribution in [1.82, 2.24) is 14.5 Å². The molecule has 9 heteroatoms. The molecule has 0 radical (unpaired) electrons. The van der Waals surface area contributed by atoms with Crippen LogP contribution in [0, 0.1) is 0 Å². The number of nitrogens with two attached hydrogens (primary N) is 2. The summed E-state index contributed by atoms with van der Waals surface area (Å²) in [6, 6.07) is 6.89. The Kier molecular flexibility index (Phi) is 4.38. The van der Waals surface area contributed by atoms with E-state index in [0.29, 0.717) is 13.0 Å². The Bertz CT molecular complexity index is 1080. The van der Waals surface area contributed by atoms with Crippen LogP contribution in [0.5, 0.6) is 0 Å². The van der Waals surface area contributed by atoms with Crippen molar-refractivity contribution in [2.45, 2.75) is 37.9 Å². The highest BCUT2D eigenvalue weighted by atomic mass is 16.2. The fourth-order valence-corrected chi connectivity index (χ4v) is 3.82. The van der Waals surface area contributed by atoms with Gasteiger partial charge in [-0.2, -0.15) is 0 Å². The lowest BCUT2D eigenvalue weighted by Crippen LogP contribution is -2.50. The van der Waals surface area contributed by atoms with Gasteiger partial charge < -0.3 is 11.5 Å². The minimum absolute atomic E-state index is 0.0869. The number of carbonyl (C=O) groups excluding carboxylic acids is 2. The van der Waals surface area contributed by atoms with Crippen LogP contribution >= 0.6 is 0 Å². The number of aromatic amines is 1. The standard InChI is InChI=1S/C19H21N5O4/c20-16-15(18(27)22-19(28)24(16)12-5-6-12)14(25)9-23-8-11-4-2-1-3-10(11)7-13(23)17(21)26/h1-4,12-13H,5-9,20H2,(H2,21,26)(H,22,27,28)/t13-/m0/s1. The zero-order valence-electron chi connectivity index (χ0n) is 15.2. The van der Waals surface area contributed by atoms with Crippen molar-refractivity contribution in [3.05, 3.63) is 61.8 Å². The second kappa shape index (κ2) is 6.75. The maximum absolute atomic E-state index is 12.9. The third-order valence-electron chi connectivity index (χ3n) is 5.39. The Morgan fingerprint density at radius 3 is 2.46 bits per heavy atom. The first-order chi connectivity index (χ1) is 13.4. The SMILES string of the molecule is NC(=O)[C@@H]1Cc2ccccc2CN1CC(=O)c1c(N)n(C2CC2)c(=O)[nH]c1=O. The molecule has 5 N–H and O–H groups in total. The van der Waals surface area contributed by atoms with Crippen LogP contribution in [0.4, 0.5) is 5.82 Å². The molecule has 9 nitrogen and oxygen atoms in total.